The molecule has 1 aromatic rings. The summed E-state index contributed by atoms with van der Waals surface area (Å²) in [6.45, 7) is 0. The van der Waals surface area contributed by atoms with Crippen LogP contribution >= 0.6 is 23.2 Å². The Labute approximate surface area is 110 Å². The van der Waals surface area contributed by atoms with Crippen LogP contribution < -0.4 is 0 Å². The van der Waals surface area contributed by atoms with Crippen molar-refractivity contribution in [3.05, 3.63) is 28.3 Å². The van der Waals surface area contributed by atoms with E-state index in [4.69, 9.17) is 23.2 Å². The first kappa shape index (κ1) is 15.3. The van der Waals surface area contributed by atoms with Crippen LogP contribution in [0.15, 0.2) is 17.0 Å². The lowest BCUT2D eigenvalue weighted by Gasteiger charge is -2.13. The molecule has 9 heteroatoms. The van der Waals surface area contributed by atoms with E-state index in [0.29, 0.717) is 18.4 Å². The minimum Gasteiger partial charge on any atom is -0.276 e. The molecule has 0 aliphatic carbocycles. The van der Waals surface area contributed by atoms with Gasteiger partial charge in [0.25, 0.3) is 5.24 Å². The van der Waals surface area contributed by atoms with E-state index in [1.165, 1.54) is 0 Å². The van der Waals surface area contributed by atoms with Crippen molar-refractivity contribution in [3.8, 4) is 0 Å². The molecule has 0 unspecified atom stereocenters. The summed E-state index contributed by atoms with van der Waals surface area (Å²) in [7, 11) is -4.13. The number of carbonyl (C=O) groups is 1. The molecule has 1 rings (SSSR count). The van der Waals surface area contributed by atoms with Gasteiger partial charge in [-0.1, -0.05) is 11.6 Å². The minimum atomic E-state index is -4.83. The van der Waals surface area contributed by atoms with Crippen molar-refractivity contribution in [3.63, 3.8) is 0 Å². The molecule has 0 amide bonds. The van der Waals surface area contributed by atoms with Gasteiger partial charge in [0, 0.05) is 6.26 Å². The maximum Gasteiger partial charge on any atom is 0.417 e. The van der Waals surface area contributed by atoms with Gasteiger partial charge < -0.3 is 0 Å². The third kappa shape index (κ3) is 2.96. The van der Waals surface area contributed by atoms with E-state index in [0.717, 1.165) is 0 Å². The quantitative estimate of drug-likeness (QED) is 0.786. The molecule has 0 aliphatic rings. The SMILES string of the molecule is CS(=O)(=O)c1c(C(=O)Cl)ccc(C(F)(F)F)c1Cl. The number of rotatable bonds is 2. The number of halogens is 5. The van der Waals surface area contributed by atoms with Gasteiger partial charge in [-0.05, 0) is 23.7 Å². The van der Waals surface area contributed by atoms with Crippen molar-refractivity contribution in [1.29, 1.82) is 0 Å². The number of carbonyl (C=O) groups excluding carboxylic acids is 1. The predicted molar refractivity (Wildman–Crippen MR) is 59.7 cm³/mol. The summed E-state index contributed by atoms with van der Waals surface area (Å²) < 4.78 is 60.4. The maximum absolute atomic E-state index is 12.6. The summed E-state index contributed by atoms with van der Waals surface area (Å²) in [5.41, 5.74) is -1.93. The highest BCUT2D eigenvalue weighted by Crippen LogP contribution is 2.39. The second-order valence-electron chi connectivity index (χ2n) is 3.35. The first-order chi connectivity index (χ1) is 7.96. The van der Waals surface area contributed by atoms with Crippen LogP contribution in [0.25, 0.3) is 0 Å². The number of alkyl halides is 3. The fourth-order valence-electron chi connectivity index (χ4n) is 1.29. The van der Waals surface area contributed by atoms with Gasteiger partial charge in [-0.15, -0.1) is 0 Å². The van der Waals surface area contributed by atoms with Gasteiger partial charge in [-0.2, -0.15) is 13.2 Å². The summed E-state index contributed by atoms with van der Waals surface area (Å²) >= 11 is 10.5. The van der Waals surface area contributed by atoms with Crippen molar-refractivity contribution in [2.24, 2.45) is 0 Å². The van der Waals surface area contributed by atoms with Gasteiger partial charge in [-0.3, -0.25) is 4.79 Å². The molecule has 0 atom stereocenters. The average molecular weight is 321 g/mol. The summed E-state index contributed by atoms with van der Waals surface area (Å²) in [5, 5.41) is -2.26. The molecule has 0 aliphatic heterocycles. The van der Waals surface area contributed by atoms with Crippen molar-refractivity contribution >= 4 is 38.3 Å². The fraction of sp³-hybridized carbons (Fsp3) is 0.222. The van der Waals surface area contributed by atoms with E-state index in [-0.39, 0.29) is 0 Å². The van der Waals surface area contributed by atoms with Crippen LogP contribution in [0.4, 0.5) is 13.2 Å². The molecule has 0 saturated carbocycles. The molecular formula is C9H5Cl2F3O3S. The van der Waals surface area contributed by atoms with Gasteiger partial charge in [0.05, 0.1) is 21.0 Å². The van der Waals surface area contributed by atoms with Crippen LogP contribution in [-0.2, 0) is 16.0 Å². The molecule has 0 heterocycles. The zero-order chi connectivity index (χ0) is 14.3. The predicted octanol–water partition coefficient (Wildman–Crippen LogP) is 3.14. The summed E-state index contributed by atoms with van der Waals surface area (Å²) in [6, 6.07) is 1.19. The Hall–Kier alpha value is -0.790. The van der Waals surface area contributed by atoms with Crippen LogP contribution in [0.1, 0.15) is 15.9 Å². The Balaban J connectivity index is 3.78. The van der Waals surface area contributed by atoms with E-state index in [2.05, 4.69) is 0 Å². The van der Waals surface area contributed by atoms with Crippen LogP contribution in [-0.4, -0.2) is 19.9 Å². The highest BCUT2D eigenvalue weighted by atomic mass is 35.5. The molecule has 0 saturated heterocycles. The van der Waals surface area contributed by atoms with Crippen molar-refractivity contribution in [1.82, 2.24) is 0 Å². The highest BCUT2D eigenvalue weighted by molar-refractivity contribution is 7.91. The van der Waals surface area contributed by atoms with Crippen molar-refractivity contribution in [2.45, 2.75) is 11.1 Å². The first-order valence-corrected chi connectivity index (χ1v) is 6.90. The smallest absolute Gasteiger partial charge is 0.276 e. The van der Waals surface area contributed by atoms with Crippen molar-refractivity contribution < 1.29 is 26.4 Å². The molecule has 0 aromatic heterocycles. The van der Waals surface area contributed by atoms with E-state index < -0.39 is 42.3 Å². The molecule has 1 aromatic carbocycles. The monoisotopic (exact) mass is 320 g/mol. The average Bonchev–Trinajstić information content (AvgIpc) is 2.12. The number of hydrogen-bond donors (Lipinski definition) is 0. The molecule has 3 nitrogen and oxygen atoms in total. The largest absolute Gasteiger partial charge is 0.417 e. The molecular weight excluding hydrogens is 316 g/mol. The second-order valence-corrected chi connectivity index (χ2v) is 6.02. The van der Waals surface area contributed by atoms with E-state index in [1.807, 2.05) is 0 Å². The lowest BCUT2D eigenvalue weighted by molar-refractivity contribution is -0.137. The van der Waals surface area contributed by atoms with Crippen LogP contribution in [0, 0.1) is 0 Å². The molecule has 0 spiro atoms. The lowest BCUT2D eigenvalue weighted by atomic mass is 10.1. The van der Waals surface area contributed by atoms with Crippen molar-refractivity contribution in [2.75, 3.05) is 6.26 Å². The molecule has 0 fully saturated rings. The number of benzene rings is 1. The molecule has 0 N–H and O–H groups in total. The number of hydrogen-bond acceptors (Lipinski definition) is 3. The lowest BCUT2D eigenvalue weighted by Crippen LogP contribution is -2.12. The molecule has 0 radical (unpaired) electrons. The molecule has 100 valence electrons. The Morgan fingerprint density at radius 1 is 1.28 bits per heavy atom. The molecule has 18 heavy (non-hydrogen) atoms. The van der Waals surface area contributed by atoms with Gasteiger partial charge >= 0.3 is 6.18 Å². The summed E-state index contributed by atoms with van der Waals surface area (Å²) in [5.74, 6) is 0. The zero-order valence-corrected chi connectivity index (χ0v) is 11.0. The van der Waals surface area contributed by atoms with Crippen LogP contribution in [0.5, 0.6) is 0 Å². The topological polar surface area (TPSA) is 51.2 Å². The number of sulfone groups is 1. The highest BCUT2D eigenvalue weighted by Gasteiger charge is 2.37. The third-order valence-electron chi connectivity index (χ3n) is 1.99. The third-order valence-corrected chi connectivity index (χ3v) is 3.86. The van der Waals surface area contributed by atoms with Gasteiger partial charge in [0.15, 0.2) is 9.84 Å². The Morgan fingerprint density at radius 2 is 1.78 bits per heavy atom. The fourth-order valence-corrected chi connectivity index (χ4v) is 3.19. The normalized spacial score (nSPS) is 12.6. The van der Waals surface area contributed by atoms with Gasteiger partial charge in [0.2, 0.25) is 0 Å². The first-order valence-electron chi connectivity index (χ1n) is 4.26. The standard InChI is InChI=1S/C9H5Cl2F3O3S/c1-18(16,17)7-4(8(11)15)2-3-5(6(7)10)9(12,13)14/h2-3H,1H3. The minimum absolute atomic E-state index is 0.507. The summed E-state index contributed by atoms with van der Waals surface area (Å²) in [4.78, 5) is 10.1. The van der Waals surface area contributed by atoms with Gasteiger partial charge in [0.1, 0.15) is 0 Å². The Bertz CT molecular complexity index is 608. The zero-order valence-electron chi connectivity index (χ0n) is 8.68. The van der Waals surface area contributed by atoms with Gasteiger partial charge in [-0.25, -0.2) is 8.42 Å². The Morgan fingerprint density at radius 3 is 2.11 bits per heavy atom. The second kappa shape index (κ2) is 4.71. The van der Waals surface area contributed by atoms with E-state index in [1.54, 1.807) is 0 Å². The van der Waals surface area contributed by atoms with Crippen LogP contribution in [0.3, 0.4) is 0 Å². The van der Waals surface area contributed by atoms with E-state index in [9.17, 15) is 26.4 Å². The maximum atomic E-state index is 12.6. The Kier molecular flexibility index (Phi) is 4.00. The summed E-state index contributed by atoms with van der Waals surface area (Å²) in [6.07, 6.45) is -4.19. The van der Waals surface area contributed by atoms with E-state index >= 15 is 0 Å². The van der Waals surface area contributed by atoms with Crippen LogP contribution in [0.2, 0.25) is 5.02 Å². The molecule has 0 bridgehead atoms.